The molecule has 1 aliphatic carbocycles. The first-order chi connectivity index (χ1) is 7.27. The molecule has 1 aromatic carbocycles. The highest BCUT2D eigenvalue weighted by Gasteiger charge is 2.28. The third-order valence-corrected chi connectivity index (χ3v) is 4.49. The Morgan fingerprint density at radius 3 is 3.13 bits per heavy atom. The van der Waals surface area contributed by atoms with Crippen molar-refractivity contribution in [2.24, 2.45) is 0 Å². The molecular weight excluding hydrogens is 275 g/mol. The van der Waals surface area contributed by atoms with E-state index >= 15 is 0 Å². The number of benzene rings is 1. The molecule has 15 heavy (non-hydrogen) atoms. The van der Waals surface area contributed by atoms with Gasteiger partial charge in [-0.2, -0.15) is 0 Å². The highest BCUT2D eigenvalue weighted by atomic mass is 79.9. The predicted molar refractivity (Wildman–Crippen MR) is 65.3 cm³/mol. The zero-order chi connectivity index (χ0) is 10.4. The van der Waals surface area contributed by atoms with E-state index in [0.717, 1.165) is 30.2 Å². The van der Waals surface area contributed by atoms with E-state index < -0.39 is 0 Å². The van der Waals surface area contributed by atoms with E-state index in [9.17, 15) is 0 Å². The maximum Gasteiger partial charge on any atom is 0.126 e. The minimum Gasteiger partial charge on any atom is -0.493 e. The maximum absolute atomic E-state index is 6.34. The molecule has 0 saturated heterocycles. The lowest BCUT2D eigenvalue weighted by Crippen LogP contribution is -2.07. The lowest BCUT2D eigenvalue weighted by Gasteiger charge is -2.24. The van der Waals surface area contributed by atoms with Gasteiger partial charge < -0.3 is 4.74 Å². The largest absolute Gasteiger partial charge is 0.493 e. The van der Waals surface area contributed by atoms with E-state index in [1.165, 1.54) is 29.5 Å². The molecule has 2 aliphatic rings. The molecule has 0 bridgehead atoms. The normalized spacial score (nSPS) is 23.2. The number of hydrogen-bond acceptors (Lipinski definition) is 1. The van der Waals surface area contributed by atoms with Crippen LogP contribution in [0.25, 0.3) is 0 Å². The summed E-state index contributed by atoms with van der Waals surface area (Å²) in [6, 6.07) is 2.09. The molecule has 0 radical (unpaired) electrons. The SMILES string of the molecule is Clc1cc2c(c3c1C(Br)CCC3)OCC2. The number of rotatable bonds is 0. The summed E-state index contributed by atoms with van der Waals surface area (Å²) in [6.45, 7) is 0.815. The second kappa shape index (κ2) is 3.67. The molecule has 0 aromatic heterocycles. The molecule has 1 atom stereocenters. The molecular formula is C12H12BrClO. The Hall–Kier alpha value is -0.210. The van der Waals surface area contributed by atoms with Crippen LogP contribution in [0.1, 0.15) is 34.4 Å². The molecule has 0 N–H and O–H groups in total. The summed E-state index contributed by atoms with van der Waals surface area (Å²) in [5.74, 6) is 1.12. The Bertz CT molecular complexity index is 417. The fourth-order valence-corrected chi connectivity index (χ4v) is 3.93. The summed E-state index contributed by atoms with van der Waals surface area (Å²) < 4.78 is 5.72. The molecule has 0 spiro atoms. The van der Waals surface area contributed by atoms with Crippen LogP contribution in [-0.2, 0) is 12.8 Å². The van der Waals surface area contributed by atoms with Crippen LogP contribution in [0.3, 0.4) is 0 Å². The second-order valence-electron chi connectivity index (χ2n) is 4.20. The standard InChI is InChI=1S/C12H12BrClO/c13-9-3-1-2-8-11(9)10(14)6-7-4-5-15-12(7)8/h6,9H,1-5H2. The van der Waals surface area contributed by atoms with Gasteiger partial charge in [0.1, 0.15) is 5.75 Å². The van der Waals surface area contributed by atoms with Gasteiger partial charge in [0.05, 0.1) is 6.61 Å². The zero-order valence-electron chi connectivity index (χ0n) is 8.35. The van der Waals surface area contributed by atoms with Gasteiger partial charge in [0.25, 0.3) is 0 Å². The molecule has 3 rings (SSSR count). The lowest BCUT2D eigenvalue weighted by molar-refractivity contribution is 0.351. The zero-order valence-corrected chi connectivity index (χ0v) is 10.7. The first kappa shape index (κ1) is 9.98. The van der Waals surface area contributed by atoms with Gasteiger partial charge >= 0.3 is 0 Å². The summed E-state index contributed by atoms with van der Waals surface area (Å²) in [4.78, 5) is 0.406. The molecule has 1 nitrogen and oxygen atoms in total. The van der Waals surface area contributed by atoms with Crippen molar-refractivity contribution in [1.29, 1.82) is 0 Å². The molecule has 1 aliphatic heterocycles. The molecule has 0 amide bonds. The highest BCUT2D eigenvalue weighted by molar-refractivity contribution is 9.09. The number of fused-ring (bicyclic) bond motifs is 3. The first-order valence-corrected chi connectivity index (χ1v) is 6.68. The van der Waals surface area contributed by atoms with Crippen molar-refractivity contribution in [1.82, 2.24) is 0 Å². The lowest BCUT2D eigenvalue weighted by atomic mass is 9.89. The third kappa shape index (κ3) is 1.50. The minimum atomic E-state index is 0.406. The van der Waals surface area contributed by atoms with Crippen molar-refractivity contribution in [3.05, 3.63) is 27.8 Å². The third-order valence-electron chi connectivity index (χ3n) is 3.26. The van der Waals surface area contributed by atoms with Crippen LogP contribution >= 0.6 is 27.5 Å². The number of hydrogen-bond donors (Lipinski definition) is 0. The van der Waals surface area contributed by atoms with Gasteiger partial charge in [-0.15, -0.1) is 0 Å². The second-order valence-corrected chi connectivity index (χ2v) is 5.71. The summed E-state index contributed by atoms with van der Waals surface area (Å²) >= 11 is 10.0. The molecule has 3 heteroatoms. The van der Waals surface area contributed by atoms with Crippen LogP contribution in [0, 0.1) is 0 Å². The fraction of sp³-hybridized carbons (Fsp3) is 0.500. The Balaban J connectivity index is 2.24. The summed E-state index contributed by atoms with van der Waals surface area (Å²) in [5.41, 5.74) is 3.91. The van der Waals surface area contributed by atoms with Crippen molar-refractivity contribution in [2.75, 3.05) is 6.61 Å². The molecule has 0 saturated carbocycles. The van der Waals surface area contributed by atoms with E-state index in [0.29, 0.717) is 4.83 Å². The number of alkyl halides is 1. The van der Waals surface area contributed by atoms with Gasteiger partial charge in [0, 0.05) is 21.8 Å². The first-order valence-electron chi connectivity index (χ1n) is 5.38. The number of halogens is 2. The predicted octanol–water partition coefficient (Wildman–Crippen LogP) is 4.05. The van der Waals surface area contributed by atoms with Crippen LogP contribution in [0.4, 0.5) is 0 Å². The van der Waals surface area contributed by atoms with Gasteiger partial charge in [-0.25, -0.2) is 0 Å². The molecule has 1 aromatic rings. The van der Waals surface area contributed by atoms with Crippen LogP contribution in [0.2, 0.25) is 5.02 Å². The minimum absolute atomic E-state index is 0.406. The quantitative estimate of drug-likeness (QED) is 0.654. The molecule has 1 heterocycles. The van der Waals surface area contributed by atoms with Crippen molar-refractivity contribution < 1.29 is 4.74 Å². The van der Waals surface area contributed by atoms with Gasteiger partial charge in [0.15, 0.2) is 0 Å². The summed E-state index contributed by atoms with van der Waals surface area (Å²) in [5, 5.41) is 0.913. The smallest absolute Gasteiger partial charge is 0.126 e. The monoisotopic (exact) mass is 286 g/mol. The van der Waals surface area contributed by atoms with E-state index in [1.807, 2.05) is 0 Å². The van der Waals surface area contributed by atoms with Crippen LogP contribution < -0.4 is 4.74 Å². The molecule has 0 fully saturated rings. The van der Waals surface area contributed by atoms with Gasteiger partial charge in [-0.1, -0.05) is 27.5 Å². The average Bonchev–Trinajstić information content (AvgIpc) is 2.65. The number of ether oxygens (including phenoxy) is 1. The van der Waals surface area contributed by atoms with Gasteiger partial charge in [0.2, 0.25) is 0 Å². The van der Waals surface area contributed by atoms with E-state index in [2.05, 4.69) is 22.0 Å². The summed E-state index contributed by atoms with van der Waals surface area (Å²) in [7, 11) is 0. The van der Waals surface area contributed by atoms with Crippen molar-refractivity contribution in [3.8, 4) is 5.75 Å². The van der Waals surface area contributed by atoms with Gasteiger partial charge in [-0.05, 0) is 36.5 Å². The topological polar surface area (TPSA) is 9.23 Å². The Labute approximate surface area is 103 Å². The molecule has 80 valence electrons. The van der Waals surface area contributed by atoms with Crippen molar-refractivity contribution in [3.63, 3.8) is 0 Å². The maximum atomic E-state index is 6.34. The van der Waals surface area contributed by atoms with Crippen molar-refractivity contribution >= 4 is 27.5 Å². The van der Waals surface area contributed by atoms with Crippen LogP contribution in [-0.4, -0.2) is 6.61 Å². The fourth-order valence-electron chi connectivity index (χ4n) is 2.57. The molecule has 1 unspecified atom stereocenters. The Morgan fingerprint density at radius 2 is 2.27 bits per heavy atom. The average molecular weight is 288 g/mol. The van der Waals surface area contributed by atoms with E-state index in [-0.39, 0.29) is 0 Å². The van der Waals surface area contributed by atoms with Gasteiger partial charge in [-0.3, -0.25) is 0 Å². The van der Waals surface area contributed by atoms with E-state index in [4.69, 9.17) is 16.3 Å². The van der Waals surface area contributed by atoms with Crippen LogP contribution in [0.15, 0.2) is 6.07 Å². The summed E-state index contributed by atoms with van der Waals surface area (Å²) in [6.07, 6.45) is 4.51. The van der Waals surface area contributed by atoms with Crippen molar-refractivity contribution in [2.45, 2.75) is 30.5 Å². The Kier molecular flexibility index (Phi) is 2.44. The van der Waals surface area contributed by atoms with E-state index in [1.54, 1.807) is 0 Å². The van der Waals surface area contributed by atoms with Crippen LogP contribution in [0.5, 0.6) is 5.75 Å². The Morgan fingerprint density at radius 1 is 1.40 bits per heavy atom. The highest BCUT2D eigenvalue weighted by Crippen LogP contribution is 2.46.